The Morgan fingerprint density at radius 1 is 1.44 bits per heavy atom. The molecule has 0 aliphatic heterocycles. The van der Waals surface area contributed by atoms with Crippen LogP contribution in [-0.2, 0) is 0 Å². The van der Waals surface area contributed by atoms with E-state index < -0.39 is 0 Å². The van der Waals surface area contributed by atoms with Crippen molar-refractivity contribution in [1.82, 2.24) is 10.3 Å². The quantitative estimate of drug-likeness (QED) is 0.565. The number of aryl methyl sites for hydroxylation is 1. The summed E-state index contributed by atoms with van der Waals surface area (Å²) in [5, 5.41) is 7.48. The first-order valence-corrected chi connectivity index (χ1v) is 3.17. The average molecular weight is 124 g/mol. The van der Waals surface area contributed by atoms with Gasteiger partial charge in [0, 0.05) is 5.92 Å². The Bertz CT molecular complexity index is 215. The Balaban J connectivity index is 2.35. The van der Waals surface area contributed by atoms with Crippen molar-refractivity contribution in [2.24, 2.45) is 0 Å². The van der Waals surface area contributed by atoms with Gasteiger partial charge >= 0.3 is 0 Å². The molecule has 0 bridgehead atoms. The van der Waals surface area contributed by atoms with E-state index in [1.807, 2.05) is 6.92 Å². The third-order valence-corrected chi connectivity index (χ3v) is 1.65. The predicted molar refractivity (Wildman–Crippen MR) is 31.0 cm³/mol. The molecule has 0 atom stereocenters. The summed E-state index contributed by atoms with van der Waals surface area (Å²) in [4.78, 5) is 0. The summed E-state index contributed by atoms with van der Waals surface area (Å²) < 4.78 is 4.55. The zero-order chi connectivity index (χ0) is 6.27. The lowest BCUT2D eigenvalue weighted by Gasteiger charge is -1.83. The maximum absolute atomic E-state index is 4.55. The molecule has 1 aliphatic rings. The molecule has 9 heavy (non-hydrogen) atoms. The van der Waals surface area contributed by atoms with Crippen molar-refractivity contribution < 1.29 is 4.63 Å². The number of nitrogens with zero attached hydrogens (tertiary/aromatic N) is 2. The standard InChI is InChI=1S/C6H8N2O/c1-4-6(5-2-3-5)8-9-7-4/h5H,2-3H2,1H3. The smallest absolute Gasteiger partial charge is 0.111 e. The van der Waals surface area contributed by atoms with Crippen molar-refractivity contribution in [3.63, 3.8) is 0 Å². The van der Waals surface area contributed by atoms with Gasteiger partial charge in [-0.15, -0.1) is 0 Å². The van der Waals surface area contributed by atoms with Gasteiger partial charge in [0.1, 0.15) is 11.4 Å². The van der Waals surface area contributed by atoms with Gasteiger partial charge < -0.3 is 0 Å². The number of hydrogen-bond acceptors (Lipinski definition) is 3. The number of aromatic nitrogens is 2. The zero-order valence-corrected chi connectivity index (χ0v) is 5.29. The molecule has 0 N–H and O–H groups in total. The summed E-state index contributed by atoms with van der Waals surface area (Å²) in [6.45, 7) is 1.93. The van der Waals surface area contributed by atoms with Crippen LogP contribution in [0.25, 0.3) is 0 Å². The van der Waals surface area contributed by atoms with Crippen LogP contribution in [0.15, 0.2) is 4.63 Å². The monoisotopic (exact) mass is 124 g/mol. The summed E-state index contributed by atoms with van der Waals surface area (Å²) >= 11 is 0. The third kappa shape index (κ3) is 0.724. The second-order valence-electron chi connectivity index (χ2n) is 2.51. The second-order valence-corrected chi connectivity index (χ2v) is 2.51. The Morgan fingerprint density at radius 2 is 2.22 bits per heavy atom. The van der Waals surface area contributed by atoms with Crippen LogP contribution < -0.4 is 0 Å². The van der Waals surface area contributed by atoms with Gasteiger partial charge in [0.05, 0.1) is 0 Å². The summed E-state index contributed by atoms with van der Waals surface area (Å²) in [7, 11) is 0. The Morgan fingerprint density at radius 3 is 2.67 bits per heavy atom. The van der Waals surface area contributed by atoms with Gasteiger partial charge in [-0.2, -0.15) is 0 Å². The van der Waals surface area contributed by atoms with Gasteiger partial charge in [0.25, 0.3) is 0 Å². The van der Waals surface area contributed by atoms with Crippen molar-refractivity contribution in [3.8, 4) is 0 Å². The minimum absolute atomic E-state index is 0.663. The lowest BCUT2D eigenvalue weighted by molar-refractivity contribution is 0.301. The van der Waals surface area contributed by atoms with E-state index in [1.165, 1.54) is 12.8 Å². The molecule has 0 unspecified atom stereocenters. The van der Waals surface area contributed by atoms with E-state index in [1.54, 1.807) is 0 Å². The Labute approximate surface area is 53.0 Å². The van der Waals surface area contributed by atoms with Gasteiger partial charge in [0.15, 0.2) is 0 Å². The van der Waals surface area contributed by atoms with Crippen LogP contribution in [0.2, 0.25) is 0 Å². The zero-order valence-electron chi connectivity index (χ0n) is 5.29. The van der Waals surface area contributed by atoms with Crippen LogP contribution in [0.1, 0.15) is 30.1 Å². The maximum atomic E-state index is 4.55. The third-order valence-electron chi connectivity index (χ3n) is 1.65. The first kappa shape index (κ1) is 4.97. The Kier molecular flexibility index (Phi) is 0.860. The van der Waals surface area contributed by atoms with E-state index in [4.69, 9.17) is 0 Å². The van der Waals surface area contributed by atoms with E-state index in [0.29, 0.717) is 5.92 Å². The van der Waals surface area contributed by atoms with E-state index in [9.17, 15) is 0 Å². The fourth-order valence-corrected chi connectivity index (χ4v) is 0.965. The van der Waals surface area contributed by atoms with Crippen LogP contribution in [0.3, 0.4) is 0 Å². The lowest BCUT2D eigenvalue weighted by atomic mass is 10.2. The van der Waals surface area contributed by atoms with Crippen molar-refractivity contribution in [2.75, 3.05) is 0 Å². The largest absolute Gasteiger partial charge is 0.244 e. The summed E-state index contributed by atoms with van der Waals surface area (Å²) in [5.41, 5.74) is 2.02. The van der Waals surface area contributed by atoms with Crippen LogP contribution >= 0.6 is 0 Å². The molecule has 1 heterocycles. The van der Waals surface area contributed by atoms with Crippen LogP contribution in [0, 0.1) is 6.92 Å². The molecule has 0 aromatic carbocycles. The normalized spacial score (nSPS) is 18.3. The minimum atomic E-state index is 0.663. The summed E-state index contributed by atoms with van der Waals surface area (Å²) in [6.07, 6.45) is 2.52. The highest BCUT2D eigenvalue weighted by Crippen LogP contribution is 2.39. The number of rotatable bonds is 1. The average Bonchev–Trinajstić information content (AvgIpc) is 2.58. The van der Waals surface area contributed by atoms with Crippen molar-refractivity contribution in [3.05, 3.63) is 11.4 Å². The molecule has 1 saturated carbocycles. The Hall–Kier alpha value is -0.860. The molecule has 3 heteroatoms. The van der Waals surface area contributed by atoms with Crippen LogP contribution in [0.4, 0.5) is 0 Å². The van der Waals surface area contributed by atoms with Gasteiger partial charge in [-0.25, -0.2) is 4.63 Å². The topological polar surface area (TPSA) is 38.9 Å². The van der Waals surface area contributed by atoms with E-state index >= 15 is 0 Å². The minimum Gasteiger partial charge on any atom is -0.244 e. The molecule has 0 saturated heterocycles. The maximum Gasteiger partial charge on any atom is 0.111 e. The van der Waals surface area contributed by atoms with Crippen LogP contribution in [0.5, 0.6) is 0 Å². The molecule has 2 rings (SSSR count). The molecular formula is C6H8N2O. The molecule has 1 fully saturated rings. The van der Waals surface area contributed by atoms with Gasteiger partial charge in [-0.05, 0) is 19.8 Å². The van der Waals surface area contributed by atoms with Crippen molar-refractivity contribution in [2.45, 2.75) is 25.7 Å². The molecule has 48 valence electrons. The highest BCUT2D eigenvalue weighted by atomic mass is 16.6. The molecule has 1 aliphatic carbocycles. The SMILES string of the molecule is Cc1nonc1C1CC1. The lowest BCUT2D eigenvalue weighted by Crippen LogP contribution is -1.81. The highest BCUT2D eigenvalue weighted by Gasteiger charge is 2.28. The van der Waals surface area contributed by atoms with Gasteiger partial charge in [0.2, 0.25) is 0 Å². The second kappa shape index (κ2) is 1.56. The molecule has 3 nitrogen and oxygen atoms in total. The van der Waals surface area contributed by atoms with Crippen LogP contribution in [-0.4, -0.2) is 10.3 Å². The van der Waals surface area contributed by atoms with E-state index in [2.05, 4.69) is 14.9 Å². The molecule has 1 aromatic rings. The van der Waals surface area contributed by atoms with Gasteiger partial charge in [-0.1, -0.05) is 10.3 Å². The molecule has 0 radical (unpaired) electrons. The van der Waals surface area contributed by atoms with Crippen molar-refractivity contribution in [1.29, 1.82) is 0 Å². The summed E-state index contributed by atoms with van der Waals surface area (Å²) in [6, 6.07) is 0. The fraction of sp³-hybridized carbons (Fsp3) is 0.667. The number of hydrogen-bond donors (Lipinski definition) is 0. The molecule has 1 aromatic heterocycles. The first-order chi connectivity index (χ1) is 4.38. The van der Waals surface area contributed by atoms with E-state index in [-0.39, 0.29) is 0 Å². The molecule has 0 spiro atoms. The molecular weight excluding hydrogens is 116 g/mol. The van der Waals surface area contributed by atoms with Gasteiger partial charge in [-0.3, -0.25) is 0 Å². The first-order valence-electron chi connectivity index (χ1n) is 3.17. The predicted octanol–water partition coefficient (Wildman–Crippen LogP) is 1.26. The highest BCUT2D eigenvalue weighted by molar-refractivity contribution is 5.16. The van der Waals surface area contributed by atoms with E-state index in [0.717, 1.165) is 11.4 Å². The fourth-order valence-electron chi connectivity index (χ4n) is 0.965. The summed E-state index contributed by atoms with van der Waals surface area (Å²) in [5.74, 6) is 0.663. The molecule has 0 amide bonds. The van der Waals surface area contributed by atoms with Crippen molar-refractivity contribution >= 4 is 0 Å².